The summed E-state index contributed by atoms with van der Waals surface area (Å²) in [4.78, 5) is 4.32. The van der Waals surface area contributed by atoms with Gasteiger partial charge in [0, 0.05) is 6.54 Å². The number of nitrogens with one attached hydrogen (secondary N) is 1. The molecule has 0 heterocycles. The molecule has 0 fully saturated rings. The molecule has 2 heteroatoms. The molecular weight excluding hydrogens is 184 g/mol. The summed E-state index contributed by atoms with van der Waals surface area (Å²) < 4.78 is 0. The highest BCUT2D eigenvalue weighted by atomic mass is 15.0. The summed E-state index contributed by atoms with van der Waals surface area (Å²) >= 11 is 0. The first kappa shape index (κ1) is 14.2. The topological polar surface area (TPSA) is 24.4 Å². The first-order valence-electron chi connectivity index (χ1n) is 5.56. The number of rotatable bonds is 4. The number of nitrogens with zero attached hydrogens (tertiary/aromatic N) is 1. The summed E-state index contributed by atoms with van der Waals surface area (Å²) in [5.41, 5.74) is 0.538. The molecule has 0 radical (unpaired) electrons. The first-order valence-corrected chi connectivity index (χ1v) is 5.56. The molecule has 0 aliphatic rings. The molecule has 0 aliphatic heterocycles. The average molecular weight is 210 g/mol. The number of aliphatic imine (C=N–C) groups is 1. The summed E-state index contributed by atoms with van der Waals surface area (Å²) in [5.74, 6) is 0.993. The van der Waals surface area contributed by atoms with E-state index in [0.717, 1.165) is 12.4 Å². The van der Waals surface area contributed by atoms with Crippen LogP contribution >= 0.6 is 0 Å². The number of amidine groups is 1. The molecule has 0 aliphatic carbocycles. The quantitative estimate of drug-likeness (QED) is 0.430. The van der Waals surface area contributed by atoms with Gasteiger partial charge in [-0.05, 0) is 17.8 Å². The Hall–Kier alpha value is -0.790. The van der Waals surface area contributed by atoms with E-state index in [0.29, 0.717) is 12.0 Å². The molecule has 0 amide bonds. The molecular formula is C13H26N2. The van der Waals surface area contributed by atoms with Crippen LogP contribution in [-0.2, 0) is 0 Å². The maximum atomic E-state index is 4.32. The Morgan fingerprint density at radius 3 is 2.20 bits per heavy atom. The molecule has 0 rings (SSSR count). The normalized spacial score (nSPS) is 13.9. The molecule has 1 N–H and O–H groups in total. The fourth-order valence-electron chi connectivity index (χ4n) is 0.871. The third-order valence-corrected chi connectivity index (χ3v) is 3.27. The molecule has 0 aromatic rings. The van der Waals surface area contributed by atoms with Crippen LogP contribution in [0.2, 0.25) is 0 Å². The Labute approximate surface area is 94.9 Å². The Kier molecular flexibility index (Phi) is 5.06. The lowest BCUT2D eigenvalue weighted by atomic mass is 9.69. The van der Waals surface area contributed by atoms with Crippen LogP contribution in [0.1, 0.15) is 41.5 Å². The van der Waals surface area contributed by atoms with Crippen LogP contribution in [0.4, 0.5) is 0 Å². The lowest BCUT2D eigenvalue weighted by Gasteiger charge is -2.39. The molecule has 0 aromatic carbocycles. The molecule has 0 aromatic heterocycles. The highest BCUT2D eigenvalue weighted by Gasteiger charge is 2.32. The predicted octanol–water partition coefficient (Wildman–Crippen LogP) is 3.25. The van der Waals surface area contributed by atoms with Crippen molar-refractivity contribution >= 4 is 5.84 Å². The van der Waals surface area contributed by atoms with Crippen molar-refractivity contribution < 1.29 is 0 Å². The fourth-order valence-corrected chi connectivity index (χ4v) is 0.871. The van der Waals surface area contributed by atoms with Crippen LogP contribution in [-0.4, -0.2) is 18.9 Å². The van der Waals surface area contributed by atoms with Gasteiger partial charge >= 0.3 is 0 Å². The van der Waals surface area contributed by atoms with Crippen molar-refractivity contribution in [1.29, 1.82) is 0 Å². The summed E-state index contributed by atoms with van der Waals surface area (Å²) in [7, 11) is 0. The van der Waals surface area contributed by atoms with E-state index in [2.05, 4.69) is 51.5 Å². The van der Waals surface area contributed by atoms with E-state index < -0.39 is 0 Å². The van der Waals surface area contributed by atoms with Gasteiger partial charge in [0.05, 0.1) is 12.4 Å². The largest absolute Gasteiger partial charge is 0.374 e. The molecule has 0 spiro atoms. The van der Waals surface area contributed by atoms with E-state index in [4.69, 9.17) is 0 Å². The first-order chi connectivity index (χ1) is 6.70. The van der Waals surface area contributed by atoms with E-state index >= 15 is 0 Å². The monoisotopic (exact) mass is 210 g/mol. The third-order valence-electron chi connectivity index (χ3n) is 3.27. The number of hydrogen-bond donors (Lipinski definition) is 1. The van der Waals surface area contributed by atoms with Crippen molar-refractivity contribution in [3.8, 4) is 0 Å². The maximum absolute atomic E-state index is 4.32. The maximum Gasteiger partial charge on any atom is 0.0935 e. The summed E-state index contributed by atoms with van der Waals surface area (Å²) in [6.45, 7) is 18.6. The third kappa shape index (κ3) is 5.01. The zero-order chi connectivity index (χ0) is 12.1. The van der Waals surface area contributed by atoms with Crippen molar-refractivity contribution in [3.05, 3.63) is 12.7 Å². The van der Waals surface area contributed by atoms with Gasteiger partial charge in [-0.3, -0.25) is 4.99 Å². The smallest absolute Gasteiger partial charge is 0.0935 e. The molecule has 88 valence electrons. The second-order valence-electron chi connectivity index (χ2n) is 5.70. The minimum Gasteiger partial charge on any atom is -0.374 e. The van der Waals surface area contributed by atoms with E-state index in [1.807, 2.05) is 6.92 Å². The summed E-state index contributed by atoms with van der Waals surface area (Å²) in [6.07, 6.45) is 1.81. The van der Waals surface area contributed by atoms with E-state index in [-0.39, 0.29) is 5.41 Å². The zero-order valence-electron chi connectivity index (χ0n) is 11.1. The molecule has 0 bridgehead atoms. The lowest BCUT2D eigenvalue weighted by molar-refractivity contribution is 0.136. The highest BCUT2D eigenvalue weighted by molar-refractivity contribution is 5.79. The van der Waals surface area contributed by atoms with Gasteiger partial charge in [0.15, 0.2) is 0 Å². The molecule has 0 atom stereocenters. The van der Waals surface area contributed by atoms with E-state index in [1.165, 1.54) is 0 Å². The highest BCUT2D eigenvalue weighted by Crippen LogP contribution is 2.36. The Bertz CT molecular complexity index is 231. The molecule has 0 unspecified atom stereocenters. The SMILES string of the molecule is C=CC/N=C(\C)NCC(C)(C)C(C)(C)C. The Balaban J connectivity index is 4.21. The molecule has 2 nitrogen and oxygen atoms in total. The Morgan fingerprint density at radius 1 is 1.27 bits per heavy atom. The predicted molar refractivity (Wildman–Crippen MR) is 69.4 cm³/mol. The molecule has 15 heavy (non-hydrogen) atoms. The van der Waals surface area contributed by atoms with Crippen LogP contribution in [0.5, 0.6) is 0 Å². The Morgan fingerprint density at radius 2 is 1.80 bits per heavy atom. The minimum absolute atomic E-state index is 0.248. The zero-order valence-corrected chi connectivity index (χ0v) is 11.1. The van der Waals surface area contributed by atoms with Gasteiger partial charge in [0.25, 0.3) is 0 Å². The van der Waals surface area contributed by atoms with Gasteiger partial charge in [-0.1, -0.05) is 40.7 Å². The van der Waals surface area contributed by atoms with Gasteiger partial charge in [-0.15, -0.1) is 6.58 Å². The van der Waals surface area contributed by atoms with Crippen molar-refractivity contribution in [2.75, 3.05) is 13.1 Å². The lowest BCUT2D eigenvalue weighted by Crippen LogP contribution is -2.41. The van der Waals surface area contributed by atoms with Crippen LogP contribution in [0.3, 0.4) is 0 Å². The summed E-state index contributed by atoms with van der Waals surface area (Å²) in [6, 6.07) is 0. The van der Waals surface area contributed by atoms with Crippen molar-refractivity contribution in [1.82, 2.24) is 5.32 Å². The van der Waals surface area contributed by atoms with Crippen molar-refractivity contribution in [2.24, 2.45) is 15.8 Å². The second-order valence-corrected chi connectivity index (χ2v) is 5.70. The second kappa shape index (κ2) is 5.34. The van der Waals surface area contributed by atoms with Crippen molar-refractivity contribution in [3.63, 3.8) is 0 Å². The average Bonchev–Trinajstić information content (AvgIpc) is 2.09. The van der Waals surface area contributed by atoms with E-state index in [9.17, 15) is 0 Å². The van der Waals surface area contributed by atoms with Gasteiger partial charge < -0.3 is 5.32 Å². The van der Waals surface area contributed by atoms with Crippen LogP contribution < -0.4 is 5.32 Å². The van der Waals surface area contributed by atoms with Gasteiger partial charge in [-0.25, -0.2) is 0 Å². The summed E-state index contributed by atoms with van der Waals surface area (Å²) in [5, 5.41) is 3.37. The molecule has 0 saturated carbocycles. The van der Waals surface area contributed by atoms with Crippen LogP contribution in [0, 0.1) is 10.8 Å². The van der Waals surface area contributed by atoms with Gasteiger partial charge in [0.1, 0.15) is 0 Å². The van der Waals surface area contributed by atoms with Gasteiger partial charge in [-0.2, -0.15) is 0 Å². The van der Waals surface area contributed by atoms with Crippen LogP contribution in [0.25, 0.3) is 0 Å². The minimum atomic E-state index is 0.248. The fraction of sp³-hybridized carbons (Fsp3) is 0.769. The van der Waals surface area contributed by atoms with Gasteiger partial charge in [0.2, 0.25) is 0 Å². The number of hydrogen-bond acceptors (Lipinski definition) is 1. The van der Waals surface area contributed by atoms with Crippen LogP contribution in [0.15, 0.2) is 17.6 Å². The molecule has 0 saturated heterocycles. The standard InChI is InChI=1S/C13H26N2/c1-8-9-14-11(2)15-10-13(6,7)12(3,4)5/h8H,1,9-10H2,2-7H3,(H,14,15). The van der Waals surface area contributed by atoms with Crippen molar-refractivity contribution in [2.45, 2.75) is 41.5 Å². The van der Waals surface area contributed by atoms with E-state index in [1.54, 1.807) is 6.08 Å².